The molecule has 0 aliphatic carbocycles. The number of nitrogens with zero attached hydrogens (tertiary/aromatic N) is 2. The summed E-state index contributed by atoms with van der Waals surface area (Å²) in [5.74, 6) is -0.617. The molecule has 0 aromatic carbocycles. The van der Waals surface area contributed by atoms with Crippen molar-refractivity contribution in [3.63, 3.8) is 0 Å². The van der Waals surface area contributed by atoms with Crippen molar-refractivity contribution in [1.29, 1.82) is 0 Å². The maximum absolute atomic E-state index is 10.4. The Bertz CT molecular complexity index is 402. The maximum Gasteiger partial charge on any atom is 0.287 e. The van der Waals surface area contributed by atoms with Gasteiger partial charge in [0.2, 0.25) is 0 Å². The molecule has 1 fully saturated rings. The molecule has 0 radical (unpaired) electrons. The van der Waals surface area contributed by atoms with Crippen molar-refractivity contribution in [2.45, 2.75) is 25.7 Å². The average Bonchev–Trinajstić information content (AvgIpc) is 2.59. The standard InChI is InChI=1S/C10H12N2O4/c1-10(2)15-6-9(16-10)8-4-3-7(5-11-8)12(13)14/h3-5,9H,6H2,1-2H3/t9-/m0/s1. The Kier molecular flexibility index (Phi) is 2.61. The van der Waals surface area contributed by atoms with E-state index in [1.54, 1.807) is 6.07 Å². The minimum Gasteiger partial charge on any atom is -0.347 e. The van der Waals surface area contributed by atoms with Crippen molar-refractivity contribution in [2.24, 2.45) is 0 Å². The van der Waals surface area contributed by atoms with Crippen LogP contribution >= 0.6 is 0 Å². The monoisotopic (exact) mass is 224 g/mol. The lowest BCUT2D eigenvalue weighted by Gasteiger charge is -2.16. The fraction of sp³-hybridized carbons (Fsp3) is 0.500. The normalized spacial score (nSPS) is 23.2. The van der Waals surface area contributed by atoms with Gasteiger partial charge in [-0.1, -0.05) is 0 Å². The summed E-state index contributed by atoms with van der Waals surface area (Å²) in [6, 6.07) is 3.00. The molecule has 6 nitrogen and oxygen atoms in total. The highest BCUT2D eigenvalue weighted by Crippen LogP contribution is 2.32. The SMILES string of the molecule is CC1(C)OC[C@@H](c2ccc([N+](=O)[O-])cn2)O1. The van der Waals surface area contributed by atoms with Gasteiger partial charge < -0.3 is 9.47 Å². The largest absolute Gasteiger partial charge is 0.347 e. The summed E-state index contributed by atoms with van der Waals surface area (Å²) in [5, 5.41) is 10.4. The first-order valence-corrected chi connectivity index (χ1v) is 4.90. The second kappa shape index (κ2) is 3.80. The fourth-order valence-corrected chi connectivity index (χ4v) is 1.53. The average molecular weight is 224 g/mol. The highest BCUT2D eigenvalue weighted by Gasteiger charge is 2.34. The topological polar surface area (TPSA) is 74.5 Å². The van der Waals surface area contributed by atoms with Gasteiger partial charge in [-0.05, 0) is 19.9 Å². The third-order valence-electron chi connectivity index (χ3n) is 2.32. The van der Waals surface area contributed by atoms with Crippen LogP contribution in [0.2, 0.25) is 0 Å². The van der Waals surface area contributed by atoms with Gasteiger partial charge >= 0.3 is 0 Å². The third kappa shape index (κ3) is 2.17. The number of ether oxygens (including phenoxy) is 2. The first-order valence-electron chi connectivity index (χ1n) is 4.90. The van der Waals surface area contributed by atoms with Crippen molar-refractivity contribution < 1.29 is 14.4 Å². The molecular weight excluding hydrogens is 212 g/mol. The van der Waals surface area contributed by atoms with Crippen LogP contribution in [0.5, 0.6) is 0 Å². The molecule has 0 spiro atoms. The van der Waals surface area contributed by atoms with Crippen molar-refractivity contribution >= 4 is 5.69 Å². The summed E-state index contributed by atoms with van der Waals surface area (Å²) in [6.45, 7) is 4.05. The predicted octanol–water partition coefficient (Wildman–Crippen LogP) is 1.81. The number of aromatic nitrogens is 1. The Morgan fingerprint density at radius 1 is 1.56 bits per heavy atom. The number of nitro groups is 1. The quantitative estimate of drug-likeness (QED) is 0.565. The van der Waals surface area contributed by atoms with Crippen molar-refractivity contribution in [1.82, 2.24) is 4.98 Å². The number of pyridine rings is 1. The van der Waals surface area contributed by atoms with Crippen LogP contribution in [0.1, 0.15) is 25.6 Å². The Balaban J connectivity index is 2.14. The van der Waals surface area contributed by atoms with Crippen LogP contribution in [-0.4, -0.2) is 22.3 Å². The van der Waals surface area contributed by atoms with Crippen molar-refractivity contribution in [2.75, 3.05) is 6.61 Å². The van der Waals surface area contributed by atoms with Gasteiger partial charge in [-0.25, -0.2) is 0 Å². The van der Waals surface area contributed by atoms with Crippen LogP contribution < -0.4 is 0 Å². The number of hydrogen-bond donors (Lipinski definition) is 0. The second-order valence-electron chi connectivity index (χ2n) is 4.02. The highest BCUT2D eigenvalue weighted by molar-refractivity contribution is 5.27. The lowest BCUT2D eigenvalue weighted by Crippen LogP contribution is -2.19. The van der Waals surface area contributed by atoms with Gasteiger partial charge in [0.1, 0.15) is 12.3 Å². The van der Waals surface area contributed by atoms with E-state index in [0.29, 0.717) is 12.3 Å². The van der Waals surface area contributed by atoms with Gasteiger partial charge in [-0.15, -0.1) is 0 Å². The van der Waals surface area contributed by atoms with Crippen LogP contribution in [0.3, 0.4) is 0 Å². The van der Waals surface area contributed by atoms with E-state index in [1.165, 1.54) is 12.3 Å². The number of rotatable bonds is 2. The van der Waals surface area contributed by atoms with Crippen LogP contribution in [0.25, 0.3) is 0 Å². The molecule has 0 N–H and O–H groups in total. The maximum atomic E-state index is 10.4. The molecular formula is C10H12N2O4. The van der Waals surface area contributed by atoms with E-state index in [4.69, 9.17) is 9.47 Å². The van der Waals surface area contributed by atoms with Gasteiger partial charge in [-0.3, -0.25) is 15.1 Å². The molecule has 1 aliphatic heterocycles. The van der Waals surface area contributed by atoms with E-state index in [9.17, 15) is 10.1 Å². The Hall–Kier alpha value is -1.53. The summed E-state index contributed by atoms with van der Waals surface area (Å²) in [5.41, 5.74) is 0.623. The van der Waals surface area contributed by atoms with Gasteiger partial charge in [-0.2, -0.15) is 0 Å². The Labute approximate surface area is 92.3 Å². The molecule has 0 amide bonds. The van der Waals surface area contributed by atoms with Crippen molar-refractivity contribution in [3.8, 4) is 0 Å². The highest BCUT2D eigenvalue weighted by atomic mass is 16.7. The van der Waals surface area contributed by atoms with E-state index < -0.39 is 10.7 Å². The van der Waals surface area contributed by atoms with Crippen LogP contribution in [0, 0.1) is 10.1 Å². The van der Waals surface area contributed by atoms with Gasteiger partial charge in [0.05, 0.1) is 17.2 Å². The molecule has 1 aromatic rings. The summed E-state index contributed by atoms with van der Waals surface area (Å²) in [4.78, 5) is 14.0. The summed E-state index contributed by atoms with van der Waals surface area (Å²) < 4.78 is 11.0. The van der Waals surface area contributed by atoms with Crippen LogP contribution in [0.4, 0.5) is 5.69 Å². The Morgan fingerprint density at radius 3 is 2.75 bits per heavy atom. The van der Waals surface area contributed by atoms with E-state index in [1.807, 2.05) is 13.8 Å². The van der Waals surface area contributed by atoms with Crippen LogP contribution in [0.15, 0.2) is 18.3 Å². The lowest BCUT2D eigenvalue weighted by atomic mass is 10.2. The Morgan fingerprint density at radius 2 is 2.31 bits per heavy atom. The molecule has 1 atom stereocenters. The lowest BCUT2D eigenvalue weighted by molar-refractivity contribution is -0.385. The molecule has 0 saturated carbocycles. The molecule has 6 heteroatoms. The summed E-state index contributed by atoms with van der Waals surface area (Å²) >= 11 is 0. The number of hydrogen-bond acceptors (Lipinski definition) is 5. The van der Waals surface area contributed by atoms with Gasteiger partial charge in [0, 0.05) is 6.07 Å². The second-order valence-corrected chi connectivity index (χ2v) is 4.02. The van der Waals surface area contributed by atoms with Crippen molar-refractivity contribution in [3.05, 3.63) is 34.1 Å². The predicted molar refractivity (Wildman–Crippen MR) is 54.7 cm³/mol. The van der Waals surface area contributed by atoms with E-state index in [-0.39, 0.29) is 11.8 Å². The minimum atomic E-state index is -0.617. The minimum absolute atomic E-state index is 0.0260. The van der Waals surface area contributed by atoms with E-state index in [0.717, 1.165) is 0 Å². The molecule has 2 rings (SSSR count). The summed E-state index contributed by atoms with van der Waals surface area (Å²) in [6.07, 6.45) is 0.972. The molecule has 0 bridgehead atoms. The first kappa shape index (κ1) is 11.0. The fourth-order valence-electron chi connectivity index (χ4n) is 1.53. The first-order chi connectivity index (χ1) is 7.48. The molecule has 0 unspecified atom stereocenters. The zero-order chi connectivity index (χ0) is 11.8. The molecule has 1 saturated heterocycles. The molecule has 86 valence electrons. The molecule has 16 heavy (non-hydrogen) atoms. The van der Waals surface area contributed by atoms with Crippen LogP contribution in [-0.2, 0) is 9.47 Å². The van der Waals surface area contributed by atoms with Gasteiger partial charge in [0.15, 0.2) is 5.79 Å². The molecule has 1 aromatic heterocycles. The third-order valence-corrected chi connectivity index (χ3v) is 2.32. The zero-order valence-electron chi connectivity index (χ0n) is 9.04. The summed E-state index contributed by atoms with van der Waals surface area (Å²) in [7, 11) is 0. The smallest absolute Gasteiger partial charge is 0.287 e. The molecule has 2 heterocycles. The molecule has 1 aliphatic rings. The zero-order valence-corrected chi connectivity index (χ0v) is 9.04. The van der Waals surface area contributed by atoms with Gasteiger partial charge in [0.25, 0.3) is 5.69 Å². The van der Waals surface area contributed by atoms with E-state index >= 15 is 0 Å². The van der Waals surface area contributed by atoms with E-state index in [2.05, 4.69) is 4.98 Å².